The second-order valence-electron chi connectivity index (χ2n) is 7.21. The van der Waals surface area contributed by atoms with Crippen LogP contribution in [0.3, 0.4) is 0 Å². The number of nitrogens with one attached hydrogen (secondary N) is 1. The van der Waals surface area contributed by atoms with Gasteiger partial charge in [-0.05, 0) is 48.4 Å². The summed E-state index contributed by atoms with van der Waals surface area (Å²) in [6.45, 7) is 0.324. The second kappa shape index (κ2) is 10.7. The van der Waals surface area contributed by atoms with E-state index in [1.165, 1.54) is 7.11 Å². The zero-order chi connectivity index (χ0) is 24.9. The number of nitrogens with zero attached hydrogens (tertiary/aromatic N) is 3. The van der Waals surface area contributed by atoms with Crippen LogP contribution in [-0.2, 0) is 17.5 Å². The summed E-state index contributed by atoms with van der Waals surface area (Å²) in [7, 11) is 1.50. The van der Waals surface area contributed by atoms with Gasteiger partial charge < -0.3 is 10.1 Å². The second-order valence-corrected chi connectivity index (χ2v) is 7.65. The molecule has 2 aromatic carbocycles. The first kappa shape index (κ1) is 25.2. The van der Waals surface area contributed by atoms with Gasteiger partial charge in [0, 0.05) is 25.3 Å². The van der Waals surface area contributed by atoms with Crippen LogP contribution in [-0.4, -0.2) is 40.5 Å². The van der Waals surface area contributed by atoms with E-state index in [-0.39, 0.29) is 18.8 Å². The van der Waals surface area contributed by atoms with Crippen LogP contribution in [0.25, 0.3) is 5.69 Å². The van der Waals surface area contributed by atoms with Gasteiger partial charge in [-0.15, -0.1) is 0 Å². The molecular weight excluding hydrogens is 477 g/mol. The first-order chi connectivity index (χ1) is 16.1. The van der Waals surface area contributed by atoms with Crippen molar-refractivity contribution in [3.8, 4) is 5.69 Å². The fourth-order valence-corrected chi connectivity index (χ4v) is 3.29. The number of carbonyl (C=O) groups is 1. The Morgan fingerprint density at radius 2 is 1.85 bits per heavy atom. The molecule has 1 heterocycles. The zero-order valence-electron chi connectivity index (χ0n) is 17.9. The molecule has 1 N–H and O–H groups in total. The maximum Gasteiger partial charge on any atom is 0.416 e. The van der Waals surface area contributed by atoms with Gasteiger partial charge in [0.2, 0.25) is 5.69 Å². The van der Waals surface area contributed by atoms with Crippen LogP contribution in [0.2, 0.25) is 5.02 Å². The molecule has 0 bridgehead atoms. The van der Waals surface area contributed by atoms with Crippen LogP contribution in [0.15, 0.2) is 58.1 Å². The lowest BCUT2D eigenvalue weighted by molar-refractivity contribution is -0.137. The van der Waals surface area contributed by atoms with Gasteiger partial charge in [-0.1, -0.05) is 23.7 Å². The molecule has 180 valence electrons. The molecule has 3 rings (SSSR count). The third-order valence-corrected chi connectivity index (χ3v) is 4.99. The highest BCUT2D eigenvalue weighted by Gasteiger charge is 2.30. The van der Waals surface area contributed by atoms with Gasteiger partial charge in [0.05, 0.1) is 17.8 Å². The highest BCUT2D eigenvalue weighted by Crippen LogP contribution is 2.29. The predicted octanol–water partition coefficient (Wildman–Crippen LogP) is 2.88. The molecule has 0 fully saturated rings. The highest BCUT2D eigenvalue weighted by molar-refractivity contribution is 6.30. The normalized spacial score (nSPS) is 11.4. The van der Waals surface area contributed by atoms with Crippen molar-refractivity contribution < 1.29 is 22.7 Å². The summed E-state index contributed by atoms with van der Waals surface area (Å²) in [5.74, 6) is -0.832. The molecule has 0 aliphatic rings. The van der Waals surface area contributed by atoms with Crippen LogP contribution in [0.5, 0.6) is 0 Å². The molecule has 0 atom stereocenters. The summed E-state index contributed by atoms with van der Waals surface area (Å²) in [5.41, 5.74) is -2.93. The zero-order valence-corrected chi connectivity index (χ0v) is 18.7. The van der Waals surface area contributed by atoms with E-state index < -0.39 is 34.6 Å². The fraction of sp³-hybridized carbons (Fsp3) is 0.273. The van der Waals surface area contributed by atoms with Crippen LogP contribution >= 0.6 is 11.6 Å². The highest BCUT2D eigenvalue weighted by atomic mass is 35.5. The average Bonchev–Trinajstić information content (AvgIpc) is 2.79. The van der Waals surface area contributed by atoms with Crippen molar-refractivity contribution in [3.05, 3.63) is 91.2 Å². The van der Waals surface area contributed by atoms with Crippen LogP contribution in [0.4, 0.5) is 13.2 Å². The van der Waals surface area contributed by atoms with Gasteiger partial charge >= 0.3 is 11.9 Å². The topological polar surface area (TPSA) is 95.2 Å². The summed E-state index contributed by atoms with van der Waals surface area (Å²) in [4.78, 5) is 38.7. The molecule has 0 unspecified atom stereocenters. The van der Waals surface area contributed by atoms with Gasteiger partial charge in [-0.2, -0.15) is 23.0 Å². The average molecular weight is 497 g/mol. The Labute approximate surface area is 196 Å². The number of benzene rings is 2. The molecule has 3 aromatic rings. The van der Waals surface area contributed by atoms with Crippen molar-refractivity contribution >= 4 is 17.5 Å². The SMILES string of the molecule is COCCCNC(=O)c1nn(-c2ccc(C(F)(F)F)cc2)c(=O)n(Cc2cccc(Cl)c2)c1=O. The molecule has 34 heavy (non-hydrogen) atoms. The molecule has 1 amide bonds. The molecule has 1 aromatic heterocycles. The largest absolute Gasteiger partial charge is 0.416 e. The van der Waals surface area contributed by atoms with Gasteiger partial charge in [0.1, 0.15) is 0 Å². The minimum absolute atomic E-state index is 0.0497. The molecule has 8 nitrogen and oxygen atoms in total. The van der Waals surface area contributed by atoms with Crippen LogP contribution in [0.1, 0.15) is 28.0 Å². The summed E-state index contributed by atoms with van der Waals surface area (Å²) < 4.78 is 45.2. The Morgan fingerprint density at radius 1 is 1.15 bits per heavy atom. The summed E-state index contributed by atoms with van der Waals surface area (Å²) in [5, 5.41) is 6.77. The van der Waals surface area contributed by atoms with Crippen molar-refractivity contribution in [3.63, 3.8) is 0 Å². The first-order valence-electron chi connectivity index (χ1n) is 10.0. The quantitative estimate of drug-likeness (QED) is 0.484. The number of hydrogen-bond donors (Lipinski definition) is 1. The van der Waals surface area contributed by atoms with Crippen molar-refractivity contribution in [2.24, 2.45) is 0 Å². The van der Waals surface area contributed by atoms with Crippen molar-refractivity contribution in [1.82, 2.24) is 19.7 Å². The third kappa shape index (κ3) is 5.91. The molecule has 12 heteroatoms. The third-order valence-electron chi connectivity index (χ3n) is 4.75. The molecule has 0 aliphatic carbocycles. The Hall–Kier alpha value is -3.44. The van der Waals surface area contributed by atoms with Gasteiger partial charge in [-0.3, -0.25) is 14.2 Å². The molecule has 0 aliphatic heterocycles. The number of aromatic nitrogens is 3. The van der Waals surface area contributed by atoms with E-state index in [0.717, 1.165) is 33.5 Å². The van der Waals surface area contributed by atoms with E-state index >= 15 is 0 Å². The Bertz CT molecular complexity index is 1290. The maximum absolute atomic E-state index is 13.1. The Kier molecular flexibility index (Phi) is 7.90. The lowest BCUT2D eigenvalue weighted by Crippen LogP contribution is -2.46. The number of amides is 1. The number of rotatable bonds is 8. The predicted molar refractivity (Wildman–Crippen MR) is 118 cm³/mol. The number of halogens is 4. The number of methoxy groups -OCH3 is 1. The number of alkyl halides is 3. The van der Waals surface area contributed by atoms with Gasteiger partial charge in [0.25, 0.3) is 11.5 Å². The number of hydrogen-bond acceptors (Lipinski definition) is 5. The summed E-state index contributed by atoms with van der Waals surface area (Å²) in [6.07, 6.45) is -4.10. The first-order valence-corrected chi connectivity index (χ1v) is 10.4. The smallest absolute Gasteiger partial charge is 0.385 e. The standard InChI is InChI=1S/C22H20ClF3N4O4/c1-34-11-3-10-27-19(31)18-20(32)29(13-14-4-2-5-16(23)12-14)21(33)30(28-18)17-8-6-15(7-9-17)22(24,25)26/h2,4-9,12H,3,10-11,13H2,1H3,(H,27,31). The molecule has 0 spiro atoms. The van der Waals surface area contributed by atoms with E-state index in [1.807, 2.05) is 0 Å². The molecule has 0 saturated carbocycles. The molecule has 0 radical (unpaired) electrons. The van der Waals surface area contributed by atoms with Gasteiger partial charge in [-0.25, -0.2) is 4.79 Å². The van der Waals surface area contributed by atoms with Crippen molar-refractivity contribution in [2.75, 3.05) is 20.3 Å². The number of carbonyl (C=O) groups excluding carboxylic acids is 1. The lowest BCUT2D eigenvalue weighted by Gasteiger charge is -2.13. The van der Waals surface area contributed by atoms with E-state index in [4.69, 9.17) is 16.3 Å². The van der Waals surface area contributed by atoms with E-state index in [2.05, 4.69) is 10.4 Å². The minimum atomic E-state index is -4.57. The monoisotopic (exact) mass is 496 g/mol. The van der Waals surface area contributed by atoms with Crippen LogP contribution < -0.4 is 16.6 Å². The lowest BCUT2D eigenvalue weighted by atomic mass is 10.2. The van der Waals surface area contributed by atoms with Crippen LogP contribution in [0, 0.1) is 0 Å². The molecular formula is C22H20ClF3N4O4. The summed E-state index contributed by atoms with van der Waals surface area (Å²) >= 11 is 5.98. The van der Waals surface area contributed by atoms with E-state index in [0.29, 0.717) is 23.6 Å². The van der Waals surface area contributed by atoms with Crippen molar-refractivity contribution in [1.29, 1.82) is 0 Å². The summed E-state index contributed by atoms with van der Waals surface area (Å²) in [6, 6.07) is 10.0. The fourth-order valence-electron chi connectivity index (χ4n) is 3.08. The minimum Gasteiger partial charge on any atom is -0.385 e. The van der Waals surface area contributed by atoms with E-state index in [9.17, 15) is 27.6 Å². The van der Waals surface area contributed by atoms with Gasteiger partial charge in [0.15, 0.2) is 0 Å². The van der Waals surface area contributed by atoms with E-state index in [1.54, 1.807) is 24.3 Å². The molecule has 0 saturated heterocycles. The Balaban J connectivity index is 2.09. The van der Waals surface area contributed by atoms with Crippen molar-refractivity contribution in [2.45, 2.75) is 19.1 Å². The number of ether oxygens (including phenoxy) is 1. The Morgan fingerprint density at radius 3 is 2.47 bits per heavy atom. The maximum atomic E-state index is 13.1.